The Bertz CT molecular complexity index is 1640. The number of sulfonamides is 2. The molecule has 2 aliphatic rings. The summed E-state index contributed by atoms with van der Waals surface area (Å²) in [6.07, 6.45) is 1.60. The predicted octanol–water partition coefficient (Wildman–Crippen LogP) is 3.60. The molecule has 13 heteroatoms. The van der Waals surface area contributed by atoms with Gasteiger partial charge < -0.3 is 10.2 Å². The average molecular weight is 586 g/mol. The smallest absolute Gasteiger partial charge is 0.292 e. The highest BCUT2D eigenvalue weighted by Crippen LogP contribution is 2.35. The van der Waals surface area contributed by atoms with Crippen molar-refractivity contribution < 1.29 is 21.8 Å². The number of benzene rings is 3. The second kappa shape index (κ2) is 10.7. The van der Waals surface area contributed by atoms with Crippen molar-refractivity contribution in [2.24, 2.45) is 0 Å². The van der Waals surface area contributed by atoms with E-state index in [0.29, 0.717) is 43.0 Å². The largest absolute Gasteiger partial charge is 0.373 e. The fourth-order valence-corrected chi connectivity index (χ4v) is 7.67. The Labute approximate surface area is 234 Å². The first kappa shape index (κ1) is 27.9. The molecule has 0 amide bonds. The van der Waals surface area contributed by atoms with E-state index in [1.807, 2.05) is 42.2 Å². The van der Waals surface area contributed by atoms with Crippen LogP contribution in [0, 0.1) is 10.1 Å². The number of piperazine rings is 1. The lowest BCUT2D eigenvalue weighted by molar-refractivity contribution is -0.384. The molecule has 1 atom stereocenters. The molecule has 2 heterocycles. The minimum atomic E-state index is -3.78. The molecule has 1 saturated heterocycles. The molecule has 212 valence electrons. The zero-order valence-corrected chi connectivity index (χ0v) is 23.9. The Kier molecular flexibility index (Phi) is 7.46. The SMILES string of the molecule is C[C@@H](Nc1cc(N2CCN(S(=O)(=O)c3ccc4c(c3)CCN4S(C)(=O)=O)CC2)ccc1[N+](=O)[O-])c1ccccc1. The number of hydrogen-bond acceptors (Lipinski definition) is 8. The van der Waals surface area contributed by atoms with Crippen molar-refractivity contribution in [3.63, 3.8) is 0 Å². The normalized spacial score (nSPS) is 16.9. The summed E-state index contributed by atoms with van der Waals surface area (Å²) in [5, 5.41) is 15.0. The van der Waals surface area contributed by atoms with Gasteiger partial charge in [0.05, 0.1) is 21.8 Å². The molecule has 1 N–H and O–H groups in total. The number of nitrogens with one attached hydrogen (secondary N) is 1. The van der Waals surface area contributed by atoms with Crippen molar-refractivity contribution in [1.29, 1.82) is 0 Å². The molecular formula is C27H31N5O6S2. The number of nitro benzene ring substituents is 1. The fraction of sp³-hybridized carbons (Fsp3) is 0.333. The van der Waals surface area contributed by atoms with Gasteiger partial charge in [-0.05, 0) is 54.8 Å². The van der Waals surface area contributed by atoms with Crippen molar-refractivity contribution in [1.82, 2.24) is 4.31 Å². The number of nitro groups is 1. The lowest BCUT2D eigenvalue weighted by Gasteiger charge is -2.35. The molecule has 3 aromatic rings. The fourth-order valence-electron chi connectivity index (χ4n) is 5.24. The molecule has 40 heavy (non-hydrogen) atoms. The number of fused-ring (bicyclic) bond motifs is 1. The molecular weight excluding hydrogens is 554 g/mol. The highest BCUT2D eigenvalue weighted by atomic mass is 32.2. The summed E-state index contributed by atoms with van der Waals surface area (Å²) < 4.78 is 53.6. The zero-order chi connectivity index (χ0) is 28.7. The number of nitrogens with zero attached hydrogens (tertiary/aromatic N) is 4. The van der Waals surface area contributed by atoms with Gasteiger partial charge in [0.2, 0.25) is 20.0 Å². The molecule has 0 aromatic heterocycles. The van der Waals surface area contributed by atoms with Crippen LogP contribution in [0.4, 0.5) is 22.7 Å². The molecule has 0 spiro atoms. The molecule has 1 fully saturated rings. The lowest BCUT2D eigenvalue weighted by Crippen LogP contribution is -2.48. The molecule has 0 unspecified atom stereocenters. The third-order valence-electron chi connectivity index (χ3n) is 7.39. The summed E-state index contributed by atoms with van der Waals surface area (Å²) in [4.78, 5) is 13.4. The van der Waals surface area contributed by atoms with Crippen LogP contribution in [0.15, 0.2) is 71.6 Å². The molecule has 3 aromatic carbocycles. The molecule has 5 rings (SSSR count). The number of hydrogen-bond donors (Lipinski definition) is 1. The number of rotatable bonds is 8. The first-order valence-corrected chi connectivity index (χ1v) is 16.2. The summed E-state index contributed by atoms with van der Waals surface area (Å²) in [6.45, 7) is 3.55. The summed E-state index contributed by atoms with van der Waals surface area (Å²) >= 11 is 0. The summed E-state index contributed by atoms with van der Waals surface area (Å²) in [7, 11) is -7.20. The van der Waals surface area contributed by atoms with Crippen LogP contribution in [-0.2, 0) is 26.5 Å². The van der Waals surface area contributed by atoms with Crippen LogP contribution < -0.4 is 14.5 Å². The first-order valence-electron chi connectivity index (χ1n) is 12.9. The van der Waals surface area contributed by atoms with Crippen molar-refractivity contribution in [3.8, 4) is 0 Å². The van der Waals surface area contributed by atoms with Crippen LogP contribution >= 0.6 is 0 Å². The van der Waals surface area contributed by atoms with Crippen LogP contribution in [0.25, 0.3) is 0 Å². The lowest BCUT2D eigenvalue weighted by atomic mass is 10.1. The monoisotopic (exact) mass is 585 g/mol. The second-order valence-electron chi connectivity index (χ2n) is 10.0. The first-order chi connectivity index (χ1) is 18.9. The van der Waals surface area contributed by atoms with Gasteiger partial charge in [-0.15, -0.1) is 0 Å². The highest BCUT2D eigenvalue weighted by molar-refractivity contribution is 7.92. The third kappa shape index (κ3) is 5.49. The van der Waals surface area contributed by atoms with Crippen LogP contribution in [0.1, 0.15) is 24.1 Å². The average Bonchev–Trinajstić information content (AvgIpc) is 3.38. The Balaban J connectivity index is 1.30. The van der Waals surface area contributed by atoms with Gasteiger partial charge in [-0.3, -0.25) is 14.4 Å². The van der Waals surface area contributed by atoms with E-state index in [9.17, 15) is 26.9 Å². The van der Waals surface area contributed by atoms with E-state index in [1.165, 1.54) is 20.7 Å². The third-order valence-corrected chi connectivity index (χ3v) is 10.5. The Morgan fingerprint density at radius 2 is 1.60 bits per heavy atom. The van der Waals surface area contributed by atoms with E-state index in [0.717, 1.165) is 17.5 Å². The molecule has 0 aliphatic carbocycles. The van der Waals surface area contributed by atoms with Crippen LogP contribution in [-0.4, -0.2) is 65.0 Å². The summed E-state index contributed by atoms with van der Waals surface area (Å²) in [6, 6.07) is 19.0. The van der Waals surface area contributed by atoms with E-state index in [1.54, 1.807) is 24.3 Å². The highest BCUT2D eigenvalue weighted by Gasteiger charge is 2.32. The van der Waals surface area contributed by atoms with Crippen molar-refractivity contribution in [3.05, 3.63) is 88.0 Å². The molecule has 0 radical (unpaired) electrons. The van der Waals surface area contributed by atoms with Crippen LogP contribution in [0.3, 0.4) is 0 Å². The minimum absolute atomic E-state index is 0.0289. The summed E-state index contributed by atoms with van der Waals surface area (Å²) in [5.74, 6) is 0. The van der Waals surface area contributed by atoms with Gasteiger partial charge in [0.1, 0.15) is 5.69 Å². The molecule has 0 saturated carbocycles. The van der Waals surface area contributed by atoms with Gasteiger partial charge >= 0.3 is 0 Å². The number of anilines is 3. The Hall–Kier alpha value is -3.68. The van der Waals surface area contributed by atoms with E-state index in [2.05, 4.69) is 5.32 Å². The maximum Gasteiger partial charge on any atom is 0.292 e. The topological polar surface area (TPSA) is 133 Å². The quantitative estimate of drug-likeness (QED) is 0.313. The van der Waals surface area contributed by atoms with Gasteiger partial charge in [-0.2, -0.15) is 4.31 Å². The van der Waals surface area contributed by atoms with Crippen LogP contribution in [0.5, 0.6) is 0 Å². The predicted molar refractivity (Wildman–Crippen MR) is 155 cm³/mol. The molecule has 2 aliphatic heterocycles. The molecule has 11 nitrogen and oxygen atoms in total. The van der Waals surface area contributed by atoms with E-state index < -0.39 is 25.0 Å². The summed E-state index contributed by atoms with van der Waals surface area (Å²) in [5.41, 5.74) is 3.35. The maximum absolute atomic E-state index is 13.4. The van der Waals surface area contributed by atoms with Gasteiger partial charge in [0, 0.05) is 50.5 Å². The van der Waals surface area contributed by atoms with Gasteiger partial charge in [0.15, 0.2) is 0 Å². The van der Waals surface area contributed by atoms with Gasteiger partial charge in [-0.1, -0.05) is 30.3 Å². The van der Waals surface area contributed by atoms with E-state index in [4.69, 9.17) is 0 Å². The van der Waals surface area contributed by atoms with Crippen molar-refractivity contribution >= 4 is 42.8 Å². The second-order valence-corrected chi connectivity index (χ2v) is 13.8. The van der Waals surface area contributed by atoms with Crippen molar-refractivity contribution in [2.45, 2.75) is 24.3 Å². The Morgan fingerprint density at radius 3 is 2.25 bits per heavy atom. The standard InChI is InChI=1S/C27H31N5O6S2/c1-20(21-6-4-3-5-7-21)28-25-19-23(8-10-27(25)32(33)34)29-14-16-30(17-15-29)40(37,38)24-9-11-26-22(18-24)12-13-31(26)39(2,35)36/h3-11,18-20,28H,12-17H2,1-2H3/t20-/m1/s1. The maximum atomic E-state index is 13.4. The van der Waals surface area contributed by atoms with Gasteiger partial charge in [-0.25, -0.2) is 16.8 Å². The minimum Gasteiger partial charge on any atom is -0.373 e. The Morgan fingerprint density at radius 1 is 0.900 bits per heavy atom. The van der Waals surface area contributed by atoms with E-state index in [-0.39, 0.29) is 29.7 Å². The van der Waals surface area contributed by atoms with Gasteiger partial charge in [0.25, 0.3) is 5.69 Å². The van der Waals surface area contributed by atoms with Crippen molar-refractivity contribution in [2.75, 3.05) is 53.5 Å². The molecule has 0 bridgehead atoms. The zero-order valence-electron chi connectivity index (χ0n) is 22.2. The van der Waals surface area contributed by atoms with Crippen LogP contribution in [0.2, 0.25) is 0 Å². The van der Waals surface area contributed by atoms with E-state index >= 15 is 0 Å².